The Balaban J connectivity index is 1.89. The molecule has 0 unspecified atom stereocenters. The van der Waals surface area contributed by atoms with Crippen LogP contribution in [0.1, 0.15) is 16.7 Å². The summed E-state index contributed by atoms with van der Waals surface area (Å²) in [5.74, 6) is 0. The first-order valence-corrected chi connectivity index (χ1v) is 7.83. The highest BCUT2D eigenvalue weighted by atomic mass is 14.9. The number of aryl methyl sites for hydroxylation is 1. The number of rotatable bonds is 3. The highest BCUT2D eigenvalue weighted by molar-refractivity contribution is 5.98. The summed E-state index contributed by atoms with van der Waals surface area (Å²) in [4.78, 5) is 0. The molecule has 0 saturated heterocycles. The van der Waals surface area contributed by atoms with E-state index in [1.807, 2.05) is 12.1 Å². The van der Waals surface area contributed by atoms with Crippen molar-refractivity contribution in [3.63, 3.8) is 0 Å². The topological polar surface area (TPSA) is 28.8 Å². The first-order valence-electron chi connectivity index (χ1n) is 7.83. The SMILES string of the molecule is Cc1ccc2ccccc2c1Cn1ccc2c(C=N)cccc21. The Morgan fingerprint density at radius 3 is 2.65 bits per heavy atom. The van der Waals surface area contributed by atoms with Gasteiger partial charge in [-0.25, -0.2) is 0 Å². The molecule has 112 valence electrons. The number of hydrogen-bond donors (Lipinski definition) is 1. The molecule has 1 aromatic heterocycles. The Kier molecular flexibility index (Phi) is 3.23. The summed E-state index contributed by atoms with van der Waals surface area (Å²) in [6.45, 7) is 3.02. The third kappa shape index (κ3) is 2.23. The van der Waals surface area contributed by atoms with E-state index in [-0.39, 0.29) is 0 Å². The fourth-order valence-corrected chi connectivity index (χ4v) is 3.34. The molecule has 4 aromatic rings. The van der Waals surface area contributed by atoms with Crippen molar-refractivity contribution in [3.05, 3.63) is 83.6 Å². The van der Waals surface area contributed by atoms with Crippen molar-refractivity contribution in [2.45, 2.75) is 13.5 Å². The average molecular weight is 298 g/mol. The van der Waals surface area contributed by atoms with E-state index in [9.17, 15) is 0 Å². The molecule has 0 radical (unpaired) electrons. The van der Waals surface area contributed by atoms with Gasteiger partial charge in [-0.15, -0.1) is 0 Å². The van der Waals surface area contributed by atoms with Crippen molar-refractivity contribution in [2.24, 2.45) is 0 Å². The highest BCUT2D eigenvalue weighted by Crippen LogP contribution is 2.26. The van der Waals surface area contributed by atoms with Gasteiger partial charge in [-0.05, 0) is 41.0 Å². The van der Waals surface area contributed by atoms with Gasteiger partial charge in [-0.3, -0.25) is 0 Å². The molecule has 0 fully saturated rings. The van der Waals surface area contributed by atoms with Gasteiger partial charge in [0.25, 0.3) is 0 Å². The lowest BCUT2D eigenvalue weighted by atomic mass is 9.99. The predicted molar refractivity (Wildman–Crippen MR) is 97.6 cm³/mol. The zero-order valence-electron chi connectivity index (χ0n) is 13.1. The van der Waals surface area contributed by atoms with E-state index in [0.29, 0.717) is 0 Å². The van der Waals surface area contributed by atoms with Crippen molar-refractivity contribution in [1.29, 1.82) is 5.41 Å². The molecule has 0 bridgehead atoms. The molecule has 2 heteroatoms. The van der Waals surface area contributed by atoms with Gasteiger partial charge in [0.15, 0.2) is 0 Å². The fourth-order valence-electron chi connectivity index (χ4n) is 3.34. The van der Waals surface area contributed by atoms with Crippen LogP contribution < -0.4 is 0 Å². The van der Waals surface area contributed by atoms with Crippen molar-refractivity contribution in [2.75, 3.05) is 0 Å². The van der Waals surface area contributed by atoms with Crippen molar-refractivity contribution < 1.29 is 0 Å². The minimum Gasteiger partial charge on any atom is -0.343 e. The van der Waals surface area contributed by atoms with Gasteiger partial charge in [-0.1, -0.05) is 48.5 Å². The minimum atomic E-state index is 0.845. The number of fused-ring (bicyclic) bond motifs is 2. The zero-order valence-corrected chi connectivity index (χ0v) is 13.1. The van der Waals surface area contributed by atoms with Crippen LogP contribution in [-0.4, -0.2) is 10.8 Å². The van der Waals surface area contributed by atoms with E-state index in [0.717, 1.165) is 17.5 Å². The van der Waals surface area contributed by atoms with Gasteiger partial charge in [0.05, 0.1) is 0 Å². The monoisotopic (exact) mass is 298 g/mol. The summed E-state index contributed by atoms with van der Waals surface area (Å²) in [5.41, 5.74) is 4.82. The van der Waals surface area contributed by atoms with Crippen LogP contribution in [0, 0.1) is 12.3 Å². The molecule has 0 aliphatic carbocycles. The molecule has 23 heavy (non-hydrogen) atoms. The third-order valence-corrected chi connectivity index (χ3v) is 4.61. The molecule has 0 spiro atoms. The van der Waals surface area contributed by atoms with Crippen LogP contribution in [0.25, 0.3) is 21.7 Å². The quantitative estimate of drug-likeness (QED) is 0.507. The van der Waals surface area contributed by atoms with E-state index in [1.54, 1.807) is 0 Å². The van der Waals surface area contributed by atoms with Crippen LogP contribution >= 0.6 is 0 Å². The normalized spacial score (nSPS) is 11.2. The van der Waals surface area contributed by atoms with Crippen LogP contribution in [0.5, 0.6) is 0 Å². The number of hydrogen-bond acceptors (Lipinski definition) is 1. The summed E-state index contributed by atoms with van der Waals surface area (Å²) in [6.07, 6.45) is 3.55. The second-order valence-electron chi connectivity index (χ2n) is 5.95. The predicted octanol–water partition coefficient (Wildman–Crippen LogP) is 5.15. The maximum absolute atomic E-state index is 7.56. The fraction of sp³-hybridized carbons (Fsp3) is 0.0952. The maximum Gasteiger partial charge on any atom is 0.0490 e. The molecule has 1 N–H and O–H groups in total. The molecule has 3 aromatic carbocycles. The zero-order chi connectivity index (χ0) is 15.8. The minimum absolute atomic E-state index is 0.845. The molecule has 0 aliphatic rings. The lowest BCUT2D eigenvalue weighted by molar-refractivity contribution is 0.837. The molecule has 0 saturated carbocycles. The van der Waals surface area contributed by atoms with Gasteiger partial charge in [-0.2, -0.15) is 0 Å². The lowest BCUT2D eigenvalue weighted by Crippen LogP contribution is -2.01. The van der Waals surface area contributed by atoms with Crippen molar-refractivity contribution in [1.82, 2.24) is 4.57 Å². The summed E-state index contributed by atoms with van der Waals surface area (Å²) in [5, 5.41) is 11.3. The summed E-state index contributed by atoms with van der Waals surface area (Å²) < 4.78 is 2.27. The van der Waals surface area contributed by atoms with Crippen LogP contribution in [0.15, 0.2) is 66.9 Å². The molecule has 4 rings (SSSR count). The number of nitrogens with one attached hydrogen (secondary N) is 1. The van der Waals surface area contributed by atoms with Gasteiger partial charge in [0.1, 0.15) is 0 Å². The van der Waals surface area contributed by atoms with E-state index in [1.165, 1.54) is 33.6 Å². The Morgan fingerprint density at radius 2 is 1.78 bits per heavy atom. The molecule has 1 heterocycles. The second kappa shape index (κ2) is 5.40. The van der Waals surface area contributed by atoms with E-state index < -0.39 is 0 Å². The van der Waals surface area contributed by atoms with E-state index in [4.69, 9.17) is 5.41 Å². The van der Waals surface area contributed by atoms with E-state index >= 15 is 0 Å². The maximum atomic E-state index is 7.56. The third-order valence-electron chi connectivity index (χ3n) is 4.61. The van der Waals surface area contributed by atoms with Crippen LogP contribution in [0.4, 0.5) is 0 Å². The van der Waals surface area contributed by atoms with Crippen molar-refractivity contribution in [3.8, 4) is 0 Å². The summed E-state index contributed by atoms with van der Waals surface area (Å²) in [6, 6.07) is 21.2. The van der Waals surface area contributed by atoms with Crippen LogP contribution in [0.3, 0.4) is 0 Å². The van der Waals surface area contributed by atoms with Gasteiger partial charge < -0.3 is 9.98 Å². The largest absolute Gasteiger partial charge is 0.343 e. The highest BCUT2D eigenvalue weighted by Gasteiger charge is 2.08. The van der Waals surface area contributed by atoms with Gasteiger partial charge >= 0.3 is 0 Å². The molecule has 0 atom stereocenters. The molecule has 0 amide bonds. The van der Waals surface area contributed by atoms with Crippen LogP contribution in [0.2, 0.25) is 0 Å². The first kappa shape index (κ1) is 13.8. The average Bonchev–Trinajstić information content (AvgIpc) is 3.00. The second-order valence-corrected chi connectivity index (χ2v) is 5.95. The molecule has 2 nitrogen and oxygen atoms in total. The van der Waals surface area contributed by atoms with Crippen molar-refractivity contribution >= 4 is 27.9 Å². The summed E-state index contributed by atoms with van der Waals surface area (Å²) >= 11 is 0. The Morgan fingerprint density at radius 1 is 0.913 bits per heavy atom. The molecular formula is C21H18N2. The smallest absolute Gasteiger partial charge is 0.0490 e. The number of benzene rings is 3. The number of nitrogens with zero attached hydrogens (tertiary/aromatic N) is 1. The first-order chi connectivity index (χ1) is 11.3. The standard InChI is InChI=1S/C21H18N2/c1-15-9-10-16-5-2-3-7-18(16)20(15)14-23-12-11-19-17(13-22)6-4-8-21(19)23/h2-13,22H,14H2,1H3. The Labute approximate surface area is 135 Å². The van der Waals surface area contributed by atoms with Crippen LogP contribution in [-0.2, 0) is 6.54 Å². The molecule has 0 aliphatic heterocycles. The van der Waals surface area contributed by atoms with Gasteiger partial charge in [0.2, 0.25) is 0 Å². The summed E-state index contributed by atoms with van der Waals surface area (Å²) in [7, 11) is 0. The lowest BCUT2D eigenvalue weighted by Gasteiger charge is -2.12. The Bertz CT molecular complexity index is 1020. The number of aromatic nitrogens is 1. The molecular weight excluding hydrogens is 280 g/mol. The van der Waals surface area contributed by atoms with Gasteiger partial charge in [0, 0.05) is 35.4 Å². The Hall–Kier alpha value is -2.87. The van der Waals surface area contributed by atoms with E-state index in [2.05, 4.69) is 66.2 Å².